The fourth-order valence-electron chi connectivity index (χ4n) is 2.37. The van der Waals surface area contributed by atoms with Gasteiger partial charge < -0.3 is 18.6 Å². The van der Waals surface area contributed by atoms with Crippen LogP contribution in [0, 0.1) is 0 Å². The normalized spacial score (nSPS) is 11.3. The van der Waals surface area contributed by atoms with Crippen LogP contribution >= 0.6 is 0 Å². The Morgan fingerprint density at radius 2 is 2.00 bits per heavy atom. The monoisotopic (exact) mass is 360 g/mol. The average Bonchev–Trinajstić information content (AvgIpc) is 2.56. The number of hydrogen-bond donors (Lipinski definition) is 0. The highest BCUT2D eigenvalue weighted by atomic mass is 16.6. The summed E-state index contributed by atoms with van der Waals surface area (Å²) in [6, 6.07) is 5.10. The van der Waals surface area contributed by atoms with Crippen LogP contribution in [0.1, 0.15) is 40.5 Å². The molecule has 26 heavy (non-hydrogen) atoms. The van der Waals surface area contributed by atoms with Crippen molar-refractivity contribution in [3.8, 4) is 17.2 Å². The molecule has 140 valence electrons. The van der Waals surface area contributed by atoms with E-state index in [0.29, 0.717) is 29.7 Å². The molecule has 0 saturated carbocycles. The van der Waals surface area contributed by atoms with Crippen molar-refractivity contribution in [1.29, 1.82) is 0 Å². The van der Waals surface area contributed by atoms with Crippen LogP contribution in [0.2, 0.25) is 0 Å². The van der Waals surface area contributed by atoms with Gasteiger partial charge in [-0.05, 0) is 38.8 Å². The van der Waals surface area contributed by atoms with Crippen molar-refractivity contribution < 1.29 is 23.4 Å². The second-order valence-corrected chi connectivity index (χ2v) is 5.98. The molecule has 0 saturated heterocycles. The summed E-state index contributed by atoms with van der Waals surface area (Å²) in [5.74, 6) is -0.0747. The molecule has 2 aromatic rings. The molecule has 6 heteroatoms. The number of ether oxygens (including phenoxy) is 3. The van der Waals surface area contributed by atoms with Crippen LogP contribution in [0.3, 0.4) is 0 Å². The standard InChI is InChI=1S/C20H24O6/c1-5-6-7-8-11-23-18-16-10-9-15(24-13(2)3)12-17(16)26-20(22)19(18)25-14(4)21/h6-7,9-10,12-13H,5,8,11H2,1-4H3/b7-6+. The highest BCUT2D eigenvalue weighted by Gasteiger charge is 2.20. The minimum atomic E-state index is -0.770. The number of fused-ring (bicyclic) bond motifs is 1. The van der Waals surface area contributed by atoms with Crippen LogP contribution in [-0.4, -0.2) is 18.7 Å². The Morgan fingerprint density at radius 3 is 2.65 bits per heavy atom. The van der Waals surface area contributed by atoms with E-state index in [1.165, 1.54) is 6.92 Å². The second kappa shape index (κ2) is 9.08. The van der Waals surface area contributed by atoms with Crippen molar-refractivity contribution >= 4 is 16.9 Å². The molecule has 0 atom stereocenters. The maximum Gasteiger partial charge on any atom is 0.383 e. The van der Waals surface area contributed by atoms with E-state index < -0.39 is 11.6 Å². The number of allylic oxidation sites excluding steroid dienone is 1. The molecule has 0 amide bonds. The minimum Gasteiger partial charge on any atom is -0.491 e. The number of hydrogen-bond acceptors (Lipinski definition) is 6. The van der Waals surface area contributed by atoms with Crippen LogP contribution in [0.15, 0.2) is 39.6 Å². The van der Waals surface area contributed by atoms with Gasteiger partial charge in [0.2, 0.25) is 0 Å². The van der Waals surface area contributed by atoms with Crippen LogP contribution in [0.4, 0.5) is 0 Å². The molecule has 0 aliphatic carbocycles. The van der Waals surface area contributed by atoms with Crippen molar-refractivity contribution in [2.75, 3.05) is 6.61 Å². The third kappa shape index (κ3) is 5.12. The summed E-state index contributed by atoms with van der Waals surface area (Å²) in [5.41, 5.74) is -0.461. The first-order valence-electron chi connectivity index (χ1n) is 8.66. The van der Waals surface area contributed by atoms with Gasteiger partial charge in [0, 0.05) is 13.0 Å². The number of rotatable bonds is 8. The van der Waals surface area contributed by atoms with Gasteiger partial charge in [-0.3, -0.25) is 4.79 Å². The SMILES string of the molecule is CC/C=C/CCOc1c(OC(C)=O)c(=O)oc2cc(OC(C)C)ccc12. The van der Waals surface area contributed by atoms with Crippen molar-refractivity contribution in [2.24, 2.45) is 0 Å². The number of carbonyl (C=O) groups excluding carboxylic acids is 1. The van der Waals surface area contributed by atoms with E-state index in [-0.39, 0.29) is 17.6 Å². The van der Waals surface area contributed by atoms with E-state index in [1.54, 1.807) is 18.2 Å². The smallest absolute Gasteiger partial charge is 0.383 e. The fraction of sp³-hybridized carbons (Fsp3) is 0.400. The first kappa shape index (κ1) is 19.6. The summed E-state index contributed by atoms with van der Waals surface area (Å²) in [6.45, 7) is 7.42. The second-order valence-electron chi connectivity index (χ2n) is 5.98. The summed E-state index contributed by atoms with van der Waals surface area (Å²) in [7, 11) is 0. The van der Waals surface area contributed by atoms with E-state index in [1.807, 2.05) is 32.9 Å². The van der Waals surface area contributed by atoms with E-state index in [9.17, 15) is 9.59 Å². The molecular weight excluding hydrogens is 336 g/mol. The lowest BCUT2D eigenvalue weighted by Gasteiger charge is -2.13. The van der Waals surface area contributed by atoms with Crippen molar-refractivity contribution in [1.82, 2.24) is 0 Å². The minimum absolute atomic E-state index is 0.0134. The molecule has 0 radical (unpaired) electrons. The van der Waals surface area contributed by atoms with E-state index in [0.717, 1.165) is 6.42 Å². The van der Waals surface area contributed by atoms with Crippen molar-refractivity contribution in [2.45, 2.75) is 46.6 Å². The number of carbonyl (C=O) groups is 1. The Kier molecular flexibility index (Phi) is 6.83. The molecule has 0 aliphatic rings. The van der Waals surface area contributed by atoms with Crippen molar-refractivity contribution in [3.05, 3.63) is 40.8 Å². The molecule has 1 aromatic heterocycles. The zero-order valence-electron chi connectivity index (χ0n) is 15.5. The van der Waals surface area contributed by atoms with E-state index >= 15 is 0 Å². The average molecular weight is 360 g/mol. The molecule has 1 aromatic carbocycles. The Bertz CT molecular complexity index is 847. The molecule has 0 spiro atoms. The first-order chi connectivity index (χ1) is 12.4. The molecule has 2 rings (SSSR count). The third-order valence-electron chi connectivity index (χ3n) is 3.34. The van der Waals surface area contributed by atoms with Crippen LogP contribution in [0.25, 0.3) is 11.0 Å². The maximum absolute atomic E-state index is 12.3. The van der Waals surface area contributed by atoms with E-state index in [2.05, 4.69) is 0 Å². The zero-order chi connectivity index (χ0) is 19.1. The molecule has 0 unspecified atom stereocenters. The molecule has 0 bridgehead atoms. The Morgan fingerprint density at radius 1 is 1.23 bits per heavy atom. The zero-order valence-corrected chi connectivity index (χ0v) is 15.5. The van der Waals surface area contributed by atoms with Crippen LogP contribution in [-0.2, 0) is 4.79 Å². The maximum atomic E-state index is 12.3. The molecule has 0 fully saturated rings. The number of esters is 1. The summed E-state index contributed by atoms with van der Waals surface area (Å²) < 4.78 is 21.7. The molecule has 6 nitrogen and oxygen atoms in total. The fourth-order valence-corrected chi connectivity index (χ4v) is 2.37. The Hall–Kier alpha value is -2.76. The van der Waals surface area contributed by atoms with Gasteiger partial charge in [0.25, 0.3) is 5.75 Å². The molecule has 1 heterocycles. The van der Waals surface area contributed by atoms with Gasteiger partial charge in [-0.25, -0.2) is 4.79 Å². The predicted molar refractivity (Wildman–Crippen MR) is 99.1 cm³/mol. The van der Waals surface area contributed by atoms with Gasteiger partial charge in [-0.2, -0.15) is 0 Å². The Balaban J connectivity index is 2.45. The lowest BCUT2D eigenvalue weighted by atomic mass is 10.2. The van der Waals surface area contributed by atoms with Gasteiger partial charge in [-0.1, -0.05) is 19.1 Å². The molecule has 0 aliphatic heterocycles. The van der Waals surface area contributed by atoms with Gasteiger partial charge in [-0.15, -0.1) is 0 Å². The summed E-state index contributed by atoms with van der Waals surface area (Å²) in [5, 5.41) is 0.538. The summed E-state index contributed by atoms with van der Waals surface area (Å²) in [4.78, 5) is 23.6. The Labute approximate surface area is 152 Å². The highest BCUT2D eigenvalue weighted by molar-refractivity contribution is 5.87. The number of benzene rings is 1. The van der Waals surface area contributed by atoms with E-state index in [4.69, 9.17) is 18.6 Å². The van der Waals surface area contributed by atoms with Gasteiger partial charge in [0.05, 0.1) is 18.1 Å². The van der Waals surface area contributed by atoms with Crippen LogP contribution < -0.4 is 19.8 Å². The lowest BCUT2D eigenvalue weighted by molar-refractivity contribution is -0.132. The van der Waals surface area contributed by atoms with Gasteiger partial charge >= 0.3 is 11.6 Å². The third-order valence-corrected chi connectivity index (χ3v) is 3.34. The first-order valence-corrected chi connectivity index (χ1v) is 8.66. The van der Waals surface area contributed by atoms with Gasteiger partial charge in [0.15, 0.2) is 5.75 Å². The summed E-state index contributed by atoms with van der Waals surface area (Å²) in [6.07, 6.45) is 5.62. The highest BCUT2D eigenvalue weighted by Crippen LogP contribution is 2.35. The molecule has 0 N–H and O–H groups in total. The van der Waals surface area contributed by atoms with Crippen LogP contribution in [0.5, 0.6) is 17.2 Å². The predicted octanol–water partition coefficient (Wildman–Crippen LogP) is 4.24. The summed E-state index contributed by atoms with van der Waals surface area (Å²) >= 11 is 0. The molecular formula is C20H24O6. The largest absolute Gasteiger partial charge is 0.491 e. The van der Waals surface area contributed by atoms with Crippen molar-refractivity contribution in [3.63, 3.8) is 0 Å². The topological polar surface area (TPSA) is 75.0 Å². The quantitative estimate of drug-likeness (QED) is 0.303. The van der Waals surface area contributed by atoms with Gasteiger partial charge in [0.1, 0.15) is 11.3 Å². The lowest BCUT2D eigenvalue weighted by Crippen LogP contribution is -2.14.